The molecule has 1 heterocycles. The summed E-state index contributed by atoms with van der Waals surface area (Å²) in [5.74, 6) is 5.69. The highest BCUT2D eigenvalue weighted by Crippen LogP contribution is 2.74. The Bertz CT molecular complexity index is 597. The van der Waals surface area contributed by atoms with Crippen LogP contribution >= 0.6 is 0 Å². The predicted octanol–water partition coefficient (Wildman–Crippen LogP) is 7.63. The van der Waals surface area contributed by atoms with E-state index in [1.807, 2.05) is 0 Å². The van der Waals surface area contributed by atoms with Gasteiger partial charge in [0.25, 0.3) is 0 Å². The Kier molecular flexibility index (Phi) is 4.78. The van der Waals surface area contributed by atoms with E-state index in [4.69, 9.17) is 4.74 Å². The van der Waals surface area contributed by atoms with E-state index in [9.17, 15) is 0 Å². The molecule has 0 amide bonds. The van der Waals surface area contributed by atoms with Gasteiger partial charge in [0.15, 0.2) is 0 Å². The molecule has 0 aromatic rings. The minimum atomic E-state index is 0.322. The molecule has 1 heteroatoms. The van der Waals surface area contributed by atoms with Gasteiger partial charge in [0.2, 0.25) is 0 Å². The van der Waals surface area contributed by atoms with Crippen LogP contribution in [0.3, 0.4) is 0 Å². The van der Waals surface area contributed by atoms with Crippen molar-refractivity contribution in [2.75, 3.05) is 0 Å². The third-order valence-corrected chi connectivity index (χ3v) is 11.2. The van der Waals surface area contributed by atoms with E-state index in [0.717, 1.165) is 35.5 Å². The minimum Gasteiger partial charge on any atom is -0.365 e. The summed E-state index contributed by atoms with van der Waals surface area (Å²) in [6.07, 6.45) is 18.1. The zero-order valence-electron chi connectivity index (χ0n) is 19.4. The van der Waals surface area contributed by atoms with Gasteiger partial charge in [-0.2, -0.15) is 0 Å². The van der Waals surface area contributed by atoms with E-state index in [1.54, 1.807) is 0 Å². The molecule has 0 radical (unpaired) electrons. The molecule has 160 valence electrons. The number of hydrogen-bond donors (Lipinski definition) is 0. The van der Waals surface area contributed by atoms with Crippen molar-refractivity contribution in [3.05, 3.63) is 0 Å². The zero-order valence-corrected chi connectivity index (χ0v) is 19.4. The van der Waals surface area contributed by atoms with Crippen LogP contribution < -0.4 is 0 Å². The highest BCUT2D eigenvalue weighted by Gasteiger charge is 2.75. The maximum atomic E-state index is 6.60. The average Bonchev–Trinajstić information content (AvgIpc) is 3.23. The van der Waals surface area contributed by atoms with Gasteiger partial charge < -0.3 is 4.74 Å². The third kappa shape index (κ3) is 2.66. The molecule has 0 bridgehead atoms. The number of rotatable bonds is 5. The largest absolute Gasteiger partial charge is 0.365 e. The van der Waals surface area contributed by atoms with Crippen LogP contribution in [0.5, 0.6) is 0 Å². The van der Waals surface area contributed by atoms with Gasteiger partial charge in [0.1, 0.15) is 5.60 Å². The fraction of sp³-hybridized carbons (Fsp3) is 1.00. The van der Waals surface area contributed by atoms with Crippen LogP contribution in [-0.4, -0.2) is 11.7 Å². The quantitative estimate of drug-likeness (QED) is 0.442. The summed E-state index contributed by atoms with van der Waals surface area (Å²) in [5, 5.41) is 0. The van der Waals surface area contributed by atoms with Gasteiger partial charge in [0, 0.05) is 5.41 Å². The van der Waals surface area contributed by atoms with E-state index in [1.165, 1.54) is 77.0 Å². The second-order valence-corrected chi connectivity index (χ2v) is 12.8. The van der Waals surface area contributed by atoms with Gasteiger partial charge in [-0.05, 0) is 85.9 Å². The molecule has 1 nitrogen and oxygen atoms in total. The van der Waals surface area contributed by atoms with Crippen LogP contribution in [0.4, 0.5) is 0 Å². The molecule has 0 aromatic heterocycles. The Morgan fingerprint density at radius 2 is 1.68 bits per heavy atom. The first kappa shape index (κ1) is 19.9. The molecule has 4 saturated carbocycles. The molecular formula is C27H46O. The molecule has 5 rings (SSSR count). The first-order valence-corrected chi connectivity index (χ1v) is 13.0. The lowest BCUT2D eigenvalue weighted by Crippen LogP contribution is -2.57. The average molecular weight is 387 g/mol. The van der Waals surface area contributed by atoms with Crippen molar-refractivity contribution in [3.63, 3.8) is 0 Å². The van der Waals surface area contributed by atoms with Crippen LogP contribution in [0.15, 0.2) is 0 Å². The van der Waals surface area contributed by atoms with Gasteiger partial charge >= 0.3 is 0 Å². The first-order chi connectivity index (χ1) is 13.3. The van der Waals surface area contributed by atoms with E-state index >= 15 is 0 Å². The molecule has 1 spiro atoms. The summed E-state index contributed by atoms with van der Waals surface area (Å²) in [5.41, 5.74) is 1.45. The standard InChI is InChI=1S/C27H46O/c1-18(2)9-8-10-19(3)21-11-12-22-20-17-24-27(28-24)15-7-6-14-26(27,5)23(20)13-16-25(21,22)4/h18-24H,6-17H2,1-5H3/t19-,20-,21+,22-,23-,24-,25+,26+,27-/m0/s1. The molecule has 4 aliphatic carbocycles. The van der Waals surface area contributed by atoms with Crippen molar-refractivity contribution in [1.29, 1.82) is 0 Å². The lowest BCUT2D eigenvalue weighted by atomic mass is 9.44. The van der Waals surface area contributed by atoms with E-state index in [0.29, 0.717) is 22.5 Å². The monoisotopic (exact) mass is 386 g/mol. The normalized spacial score (nSPS) is 53.1. The van der Waals surface area contributed by atoms with Gasteiger partial charge in [-0.25, -0.2) is 0 Å². The minimum absolute atomic E-state index is 0.322. The lowest BCUT2D eigenvalue weighted by molar-refractivity contribution is -0.100. The van der Waals surface area contributed by atoms with Crippen LogP contribution in [0, 0.1) is 46.3 Å². The molecule has 1 saturated heterocycles. The Labute approximate surface area is 174 Å². The fourth-order valence-corrected chi connectivity index (χ4v) is 9.74. The summed E-state index contributed by atoms with van der Waals surface area (Å²) < 4.78 is 6.60. The SMILES string of the molecule is CC(C)CCC[C@H](C)[C@H]1CC[C@H]2[C@@H]3C[C@@H]4O[C@@]45CCCC[C@]5(C)[C@H]3CC[C@]12C. The van der Waals surface area contributed by atoms with E-state index in [2.05, 4.69) is 34.6 Å². The van der Waals surface area contributed by atoms with E-state index < -0.39 is 0 Å². The Morgan fingerprint density at radius 1 is 0.893 bits per heavy atom. The van der Waals surface area contributed by atoms with E-state index in [-0.39, 0.29) is 0 Å². The topological polar surface area (TPSA) is 12.5 Å². The van der Waals surface area contributed by atoms with Gasteiger partial charge in [0.05, 0.1) is 6.10 Å². The number of epoxide rings is 1. The highest BCUT2D eigenvalue weighted by atomic mass is 16.6. The molecule has 5 aliphatic rings. The molecule has 5 fully saturated rings. The second-order valence-electron chi connectivity index (χ2n) is 12.8. The van der Waals surface area contributed by atoms with Crippen molar-refractivity contribution in [2.24, 2.45) is 46.3 Å². The number of hydrogen-bond acceptors (Lipinski definition) is 1. The first-order valence-electron chi connectivity index (χ1n) is 13.0. The Hall–Kier alpha value is -0.0400. The number of ether oxygens (including phenoxy) is 1. The van der Waals surface area contributed by atoms with Crippen molar-refractivity contribution in [3.8, 4) is 0 Å². The molecule has 9 atom stereocenters. The van der Waals surface area contributed by atoms with Crippen LogP contribution in [0.2, 0.25) is 0 Å². The zero-order chi connectivity index (χ0) is 19.7. The summed E-state index contributed by atoms with van der Waals surface area (Å²) in [4.78, 5) is 0. The van der Waals surface area contributed by atoms with Crippen LogP contribution in [0.1, 0.15) is 112 Å². The van der Waals surface area contributed by atoms with Crippen molar-refractivity contribution < 1.29 is 4.74 Å². The molecule has 28 heavy (non-hydrogen) atoms. The highest BCUT2D eigenvalue weighted by molar-refractivity contribution is 5.23. The van der Waals surface area contributed by atoms with Gasteiger partial charge in [-0.1, -0.05) is 66.7 Å². The Balaban J connectivity index is 1.33. The molecule has 1 aliphatic heterocycles. The van der Waals surface area contributed by atoms with Crippen LogP contribution in [0.25, 0.3) is 0 Å². The summed E-state index contributed by atoms with van der Waals surface area (Å²) >= 11 is 0. The lowest BCUT2D eigenvalue weighted by Gasteiger charge is -2.59. The smallest absolute Gasteiger partial charge is 0.100 e. The van der Waals surface area contributed by atoms with Crippen LogP contribution in [-0.2, 0) is 4.74 Å². The summed E-state index contributed by atoms with van der Waals surface area (Å²) in [7, 11) is 0. The van der Waals surface area contributed by atoms with Crippen molar-refractivity contribution in [1.82, 2.24) is 0 Å². The van der Waals surface area contributed by atoms with Crippen molar-refractivity contribution in [2.45, 2.75) is 123 Å². The Morgan fingerprint density at radius 3 is 2.46 bits per heavy atom. The maximum absolute atomic E-state index is 6.60. The fourth-order valence-electron chi connectivity index (χ4n) is 9.74. The third-order valence-electron chi connectivity index (χ3n) is 11.2. The molecule has 0 unspecified atom stereocenters. The molecule has 0 N–H and O–H groups in total. The predicted molar refractivity (Wildman–Crippen MR) is 117 cm³/mol. The summed E-state index contributed by atoms with van der Waals surface area (Å²) in [6, 6.07) is 0. The van der Waals surface area contributed by atoms with Gasteiger partial charge in [-0.15, -0.1) is 0 Å². The van der Waals surface area contributed by atoms with Crippen molar-refractivity contribution >= 4 is 0 Å². The number of fused-ring (bicyclic) bond motifs is 4. The second kappa shape index (κ2) is 6.73. The molecule has 0 aromatic carbocycles. The summed E-state index contributed by atoms with van der Waals surface area (Å²) in [6.45, 7) is 12.8. The van der Waals surface area contributed by atoms with Gasteiger partial charge in [-0.3, -0.25) is 0 Å². The maximum Gasteiger partial charge on any atom is 0.100 e. The molecular weight excluding hydrogens is 340 g/mol.